The van der Waals surface area contributed by atoms with Crippen LogP contribution >= 0.6 is 11.3 Å². The van der Waals surface area contributed by atoms with E-state index in [1.165, 1.54) is 11.3 Å². The Kier molecular flexibility index (Phi) is 2.30. The molecule has 0 fully saturated rings. The molecule has 1 aromatic rings. The summed E-state index contributed by atoms with van der Waals surface area (Å²) in [6, 6.07) is 0. The first-order valence-corrected chi connectivity index (χ1v) is 4.59. The molecule has 0 aromatic carbocycles. The maximum atomic E-state index is 9.83. The van der Waals surface area contributed by atoms with E-state index in [1.807, 2.05) is 20.8 Å². The predicted octanol–water partition coefficient (Wildman–Crippen LogP) is 2.07. The van der Waals surface area contributed by atoms with Gasteiger partial charge >= 0.3 is 0 Å². The molecule has 62 valence electrons. The monoisotopic (exact) mass is 171 g/mol. The Hall–Kier alpha value is -0.410. The quantitative estimate of drug-likeness (QED) is 0.739. The second kappa shape index (κ2) is 2.91. The largest absolute Gasteiger partial charge is 0.385 e. The lowest BCUT2D eigenvalue weighted by atomic mass is 10.0. The van der Waals surface area contributed by atoms with Crippen LogP contribution in [0, 0.1) is 6.92 Å². The molecule has 1 atom stereocenters. The van der Waals surface area contributed by atoms with Crippen molar-refractivity contribution in [1.82, 2.24) is 4.98 Å². The summed E-state index contributed by atoms with van der Waals surface area (Å²) in [6.07, 6.45) is 0.732. The second-order valence-corrected chi connectivity index (χ2v) is 3.75. The SMILES string of the molecule is CCC(C)(O)c1scnc1C. The number of nitrogens with zero attached hydrogens (tertiary/aromatic N) is 1. The third-order valence-electron chi connectivity index (χ3n) is 1.92. The van der Waals surface area contributed by atoms with Crippen molar-refractivity contribution in [1.29, 1.82) is 0 Å². The zero-order valence-electron chi connectivity index (χ0n) is 7.09. The van der Waals surface area contributed by atoms with Crippen molar-refractivity contribution >= 4 is 11.3 Å². The van der Waals surface area contributed by atoms with Crippen molar-refractivity contribution in [3.8, 4) is 0 Å². The van der Waals surface area contributed by atoms with Crippen LogP contribution in [0.4, 0.5) is 0 Å². The summed E-state index contributed by atoms with van der Waals surface area (Å²) in [6.45, 7) is 5.72. The van der Waals surface area contributed by atoms with Gasteiger partial charge in [-0.3, -0.25) is 0 Å². The molecule has 1 N–H and O–H groups in total. The lowest BCUT2D eigenvalue weighted by molar-refractivity contribution is 0.0561. The van der Waals surface area contributed by atoms with Gasteiger partial charge in [-0.1, -0.05) is 6.92 Å². The fourth-order valence-electron chi connectivity index (χ4n) is 0.979. The fourth-order valence-corrected chi connectivity index (χ4v) is 1.92. The summed E-state index contributed by atoms with van der Waals surface area (Å²) in [5.41, 5.74) is 2.03. The van der Waals surface area contributed by atoms with Crippen LogP contribution in [0.1, 0.15) is 30.8 Å². The highest BCUT2D eigenvalue weighted by Crippen LogP contribution is 2.29. The molecule has 0 saturated carbocycles. The summed E-state index contributed by atoms with van der Waals surface area (Å²) in [4.78, 5) is 5.08. The zero-order valence-corrected chi connectivity index (χ0v) is 7.90. The van der Waals surface area contributed by atoms with Crippen molar-refractivity contribution in [2.45, 2.75) is 32.8 Å². The van der Waals surface area contributed by atoms with Crippen LogP contribution in [-0.2, 0) is 5.60 Å². The van der Waals surface area contributed by atoms with Crippen LogP contribution in [0.5, 0.6) is 0 Å². The number of hydrogen-bond donors (Lipinski definition) is 1. The predicted molar refractivity (Wildman–Crippen MR) is 46.7 cm³/mol. The van der Waals surface area contributed by atoms with Gasteiger partial charge in [0.1, 0.15) is 0 Å². The molecule has 11 heavy (non-hydrogen) atoms. The Bertz CT molecular complexity index is 242. The summed E-state index contributed by atoms with van der Waals surface area (Å²) in [5, 5.41) is 9.83. The highest BCUT2D eigenvalue weighted by Gasteiger charge is 2.24. The molecule has 1 aromatic heterocycles. The molecule has 3 heteroatoms. The summed E-state index contributed by atoms with van der Waals surface area (Å²) >= 11 is 1.52. The molecule has 0 bridgehead atoms. The van der Waals surface area contributed by atoms with Crippen LogP contribution < -0.4 is 0 Å². The van der Waals surface area contributed by atoms with E-state index in [0.29, 0.717) is 0 Å². The number of hydrogen-bond acceptors (Lipinski definition) is 3. The summed E-state index contributed by atoms with van der Waals surface area (Å²) in [5.74, 6) is 0. The number of aromatic nitrogens is 1. The van der Waals surface area contributed by atoms with Gasteiger partial charge in [-0.15, -0.1) is 11.3 Å². The number of aliphatic hydroxyl groups is 1. The van der Waals surface area contributed by atoms with E-state index in [9.17, 15) is 5.11 Å². The van der Waals surface area contributed by atoms with Crippen molar-refractivity contribution in [3.63, 3.8) is 0 Å². The van der Waals surface area contributed by atoms with Gasteiger partial charge in [0.2, 0.25) is 0 Å². The Balaban J connectivity index is 3.00. The molecule has 0 aliphatic heterocycles. The van der Waals surface area contributed by atoms with Crippen molar-refractivity contribution in [2.24, 2.45) is 0 Å². The van der Waals surface area contributed by atoms with E-state index in [2.05, 4.69) is 4.98 Å². The first-order valence-electron chi connectivity index (χ1n) is 3.71. The first-order chi connectivity index (χ1) is 5.08. The molecule has 2 nitrogen and oxygen atoms in total. The van der Waals surface area contributed by atoms with Gasteiger partial charge in [0.05, 0.1) is 21.7 Å². The van der Waals surface area contributed by atoms with Crippen LogP contribution in [0.3, 0.4) is 0 Å². The van der Waals surface area contributed by atoms with Gasteiger partial charge < -0.3 is 5.11 Å². The molecule has 1 rings (SSSR count). The first kappa shape index (κ1) is 8.68. The van der Waals surface area contributed by atoms with E-state index in [0.717, 1.165) is 17.0 Å². The maximum absolute atomic E-state index is 9.83. The topological polar surface area (TPSA) is 33.1 Å². The van der Waals surface area contributed by atoms with Crippen LogP contribution in [0.15, 0.2) is 5.51 Å². The molecule has 0 spiro atoms. The summed E-state index contributed by atoms with van der Waals surface area (Å²) < 4.78 is 0. The number of aryl methyl sites for hydroxylation is 1. The standard InChI is InChI=1S/C8H13NOS/c1-4-8(3,10)7-6(2)9-5-11-7/h5,10H,4H2,1-3H3. The average Bonchev–Trinajstić information content (AvgIpc) is 2.36. The van der Waals surface area contributed by atoms with Crippen LogP contribution in [-0.4, -0.2) is 10.1 Å². The Labute approximate surface area is 70.9 Å². The lowest BCUT2D eigenvalue weighted by Gasteiger charge is -2.19. The minimum absolute atomic E-state index is 0.689. The molecular weight excluding hydrogens is 158 g/mol. The van der Waals surface area contributed by atoms with E-state index in [1.54, 1.807) is 5.51 Å². The summed E-state index contributed by atoms with van der Waals surface area (Å²) in [7, 11) is 0. The van der Waals surface area contributed by atoms with Gasteiger partial charge in [0.15, 0.2) is 0 Å². The smallest absolute Gasteiger partial charge is 0.0976 e. The van der Waals surface area contributed by atoms with E-state index >= 15 is 0 Å². The van der Waals surface area contributed by atoms with Crippen molar-refractivity contribution in [2.75, 3.05) is 0 Å². The van der Waals surface area contributed by atoms with Gasteiger partial charge in [-0.05, 0) is 20.3 Å². The maximum Gasteiger partial charge on any atom is 0.0976 e. The molecular formula is C8H13NOS. The van der Waals surface area contributed by atoms with Crippen LogP contribution in [0.2, 0.25) is 0 Å². The molecule has 1 unspecified atom stereocenters. The molecule has 0 aliphatic carbocycles. The fraction of sp³-hybridized carbons (Fsp3) is 0.625. The highest BCUT2D eigenvalue weighted by atomic mass is 32.1. The van der Waals surface area contributed by atoms with Crippen molar-refractivity contribution < 1.29 is 5.11 Å². The number of rotatable bonds is 2. The van der Waals surface area contributed by atoms with Gasteiger partial charge in [0.25, 0.3) is 0 Å². The third kappa shape index (κ3) is 1.60. The van der Waals surface area contributed by atoms with Crippen molar-refractivity contribution in [3.05, 3.63) is 16.1 Å². The van der Waals surface area contributed by atoms with Gasteiger partial charge in [-0.25, -0.2) is 4.98 Å². The van der Waals surface area contributed by atoms with Gasteiger partial charge in [0, 0.05) is 0 Å². The van der Waals surface area contributed by atoms with E-state index in [4.69, 9.17) is 0 Å². The van der Waals surface area contributed by atoms with E-state index < -0.39 is 5.60 Å². The normalized spacial score (nSPS) is 16.4. The molecule has 0 saturated heterocycles. The number of thiazole rings is 1. The lowest BCUT2D eigenvalue weighted by Crippen LogP contribution is -2.18. The molecule has 0 amide bonds. The van der Waals surface area contributed by atoms with Crippen LogP contribution in [0.25, 0.3) is 0 Å². The second-order valence-electron chi connectivity index (χ2n) is 2.89. The Morgan fingerprint density at radius 1 is 1.73 bits per heavy atom. The minimum Gasteiger partial charge on any atom is -0.385 e. The van der Waals surface area contributed by atoms with E-state index in [-0.39, 0.29) is 0 Å². The Morgan fingerprint density at radius 2 is 2.36 bits per heavy atom. The minimum atomic E-state index is -0.689. The molecule has 0 aliphatic rings. The third-order valence-corrected chi connectivity index (χ3v) is 3.10. The Morgan fingerprint density at radius 3 is 2.73 bits per heavy atom. The van der Waals surface area contributed by atoms with Gasteiger partial charge in [-0.2, -0.15) is 0 Å². The molecule has 0 radical (unpaired) electrons. The highest BCUT2D eigenvalue weighted by molar-refractivity contribution is 7.09. The molecule has 1 heterocycles. The zero-order chi connectivity index (χ0) is 8.48. The average molecular weight is 171 g/mol.